The van der Waals surface area contributed by atoms with Crippen LogP contribution in [0.4, 0.5) is 10.1 Å². The summed E-state index contributed by atoms with van der Waals surface area (Å²) in [5, 5.41) is 12.6. The van der Waals surface area contributed by atoms with Crippen LogP contribution >= 0.6 is 11.3 Å². The van der Waals surface area contributed by atoms with E-state index >= 15 is 4.39 Å². The van der Waals surface area contributed by atoms with E-state index in [0.29, 0.717) is 40.1 Å². The van der Waals surface area contributed by atoms with Crippen molar-refractivity contribution in [1.29, 1.82) is 0 Å². The zero-order chi connectivity index (χ0) is 25.5. The average molecular weight is 512 g/mol. The molecule has 0 bridgehead atoms. The number of pyridine rings is 2. The predicted molar refractivity (Wildman–Crippen MR) is 144 cm³/mol. The molecule has 0 aliphatic carbocycles. The Bertz CT molecular complexity index is 1750. The van der Waals surface area contributed by atoms with Gasteiger partial charge in [0, 0.05) is 29.8 Å². The number of benzene rings is 1. The molecule has 0 saturated carbocycles. The quantitative estimate of drug-likeness (QED) is 0.239. The van der Waals surface area contributed by atoms with E-state index in [1.807, 2.05) is 43.5 Å². The van der Waals surface area contributed by atoms with E-state index in [1.165, 1.54) is 6.07 Å². The lowest BCUT2D eigenvalue weighted by molar-refractivity contribution is -0.116. The van der Waals surface area contributed by atoms with E-state index in [4.69, 9.17) is 4.98 Å². The van der Waals surface area contributed by atoms with Gasteiger partial charge in [-0.3, -0.25) is 19.9 Å². The van der Waals surface area contributed by atoms with Gasteiger partial charge in [-0.05, 0) is 47.2 Å². The molecule has 0 aliphatic rings. The highest BCUT2D eigenvalue weighted by molar-refractivity contribution is 7.13. The molecular weight excluding hydrogens is 489 g/mol. The Morgan fingerprint density at radius 3 is 2.84 bits per heavy atom. The second-order valence-electron chi connectivity index (χ2n) is 9.18. The van der Waals surface area contributed by atoms with E-state index in [-0.39, 0.29) is 17.3 Å². The molecule has 8 nitrogen and oxygen atoms in total. The number of H-pyrrole nitrogens is 2. The van der Waals surface area contributed by atoms with Crippen LogP contribution in [0.25, 0.3) is 55.2 Å². The molecule has 0 radical (unpaired) electrons. The second-order valence-corrected chi connectivity index (χ2v) is 10.1. The van der Waals surface area contributed by atoms with Crippen molar-refractivity contribution in [1.82, 2.24) is 30.1 Å². The third kappa shape index (κ3) is 4.36. The molecule has 6 aromatic rings. The Morgan fingerprint density at radius 2 is 2.03 bits per heavy atom. The maximum atomic E-state index is 15.2. The number of anilines is 1. The van der Waals surface area contributed by atoms with Gasteiger partial charge in [0.05, 0.1) is 22.3 Å². The highest BCUT2D eigenvalue weighted by Crippen LogP contribution is 2.34. The van der Waals surface area contributed by atoms with Gasteiger partial charge in [0.15, 0.2) is 5.82 Å². The SMILES string of the molecule is CC(C)CC(=O)Nc1cncc(-c2cc(F)c3[nH]nc(-c4nc5c(-c6cccs6)nccc5[nH]4)c3c2)c1. The molecule has 10 heteroatoms. The zero-order valence-electron chi connectivity index (χ0n) is 20.0. The minimum Gasteiger partial charge on any atom is -0.336 e. The molecule has 0 atom stereocenters. The molecule has 1 aromatic carbocycles. The number of halogens is 1. The van der Waals surface area contributed by atoms with Crippen molar-refractivity contribution in [3.63, 3.8) is 0 Å². The zero-order valence-corrected chi connectivity index (χ0v) is 20.9. The largest absolute Gasteiger partial charge is 0.336 e. The third-order valence-corrected chi connectivity index (χ3v) is 6.83. The number of rotatable bonds is 6. The number of aromatic amines is 2. The number of fused-ring (bicyclic) bond motifs is 2. The van der Waals surface area contributed by atoms with Gasteiger partial charge in [-0.15, -0.1) is 11.3 Å². The number of amides is 1. The first-order valence-electron chi connectivity index (χ1n) is 11.8. The Kier molecular flexibility index (Phi) is 5.72. The highest BCUT2D eigenvalue weighted by Gasteiger charge is 2.19. The van der Waals surface area contributed by atoms with Crippen LogP contribution in [-0.2, 0) is 4.79 Å². The smallest absolute Gasteiger partial charge is 0.224 e. The molecule has 37 heavy (non-hydrogen) atoms. The summed E-state index contributed by atoms with van der Waals surface area (Å²) in [5.41, 5.74) is 4.94. The van der Waals surface area contributed by atoms with Gasteiger partial charge < -0.3 is 10.3 Å². The van der Waals surface area contributed by atoms with Crippen molar-refractivity contribution in [2.45, 2.75) is 20.3 Å². The number of nitrogens with zero attached hydrogens (tertiary/aromatic N) is 4. The number of thiophene rings is 1. The van der Waals surface area contributed by atoms with Crippen LogP contribution in [0.5, 0.6) is 0 Å². The molecule has 0 saturated heterocycles. The lowest BCUT2D eigenvalue weighted by atomic mass is 10.0. The molecule has 184 valence electrons. The average Bonchev–Trinajstić information content (AvgIpc) is 3.62. The monoisotopic (exact) mass is 511 g/mol. The summed E-state index contributed by atoms with van der Waals surface area (Å²) in [4.78, 5) is 30.1. The fraction of sp³-hybridized carbons (Fsp3) is 0.148. The molecule has 0 unspecified atom stereocenters. The molecule has 0 aliphatic heterocycles. The summed E-state index contributed by atoms with van der Waals surface area (Å²) in [7, 11) is 0. The minimum atomic E-state index is -0.447. The Morgan fingerprint density at radius 1 is 1.14 bits per heavy atom. The predicted octanol–water partition coefficient (Wildman–Crippen LogP) is 6.42. The van der Waals surface area contributed by atoms with Crippen molar-refractivity contribution < 1.29 is 9.18 Å². The van der Waals surface area contributed by atoms with Gasteiger partial charge in [0.2, 0.25) is 5.91 Å². The van der Waals surface area contributed by atoms with Crippen LogP contribution in [0.15, 0.2) is 60.4 Å². The van der Waals surface area contributed by atoms with E-state index in [9.17, 15) is 4.79 Å². The summed E-state index contributed by atoms with van der Waals surface area (Å²) in [6.45, 7) is 3.96. The number of hydrogen-bond donors (Lipinski definition) is 3. The van der Waals surface area contributed by atoms with Crippen LogP contribution in [0.3, 0.4) is 0 Å². The first-order chi connectivity index (χ1) is 18.0. The normalized spacial score (nSPS) is 11.6. The molecular formula is C27H22FN7OS. The number of nitrogens with one attached hydrogen (secondary N) is 3. The summed E-state index contributed by atoms with van der Waals surface area (Å²) in [6.07, 6.45) is 5.36. The van der Waals surface area contributed by atoms with Crippen molar-refractivity contribution in [3.8, 4) is 33.2 Å². The lowest BCUT2D eigenvalue weighted by Gasteiger charge is -2.09. The van der Waals surface area contributed by atoms with E-state index in [2.05, 4.69) is 30.5 Å². The lowest BCUT2D eigenvalue weighted by Crippen LogP contribution is -2.13. The Labute approximate surface area is 215 Å². The summed E-state index contributed by atoms with van der Waals surface area (Å²) < 4.78 is 15.2. The number of imidazole rings is 1. The second kappa shape index (κ2) is 9.21. The maximum absolute atomic E-state index is 15.2. The molecule has 5 heterocycles. The maximum Gasteiger partial charge on any atom is 0.224 e. The standard InChI is InChI=1S/C27H22FN7OS/c1-14(2)8-22(36)31-17-9-16(12-29-13-17)15-10-18-23(19(28)11-15)34-35-24(18)27-32-20-5-6-30-26(25(20)33-27)21-4-3-7-37-21/h3-7,9-14H,8H2,1-2H3,(H,31,36)(H,32,33)(H,34,35). The highest BCUT2D eigenvalue weighted by atomic mass is 32.1. The van der Waals surface area contributed by atoms with Gasteiger partial charge in [0.1, 0.15) is 28.2 Å². The van der Waals surface area contributed by atoms with Crippen molar-refractivity contribution >= 4 is 44.9 Å². The number of aromatic nitrogens is 6. The molecule has 6 rings (SSSR count). The molecule has 5 aromatic heterocycles. The molecule has 0 spiro atoms. The first kappa shape index (κ1) is 23.0. The summed E-state index contributed by atoms with van der Waals surface area (Å²) in [6, 6.07) is 10.9. The van der Waals surface area contributed by atoms with Crippen molar-refractivity contribution in [2.75, 3.05) is 5.32 Å². The van der Waals surface area contributed by atoms with Crippen LogP contribution in [0.1, 0.15) is 20.3 Å². The van der Waals surface area contributed by atoms with Crippen molar-refractivity contribution in [3.05, 3.63) is 66.2 Å². The molecule has 0 fully saturated rings. The Hall–Kier alpha value is -4.44. The van der Waals surface area contributed by atoms with Crippen LogP contribution in [-0.4, -0.2) is 36.0 Å². The Balaban J connectivity index is 1.41. The molecule has 1 amide bonds. The van der Waals surface area contributed by atoms with Crippen LogP contribution < -0.4 is 5.32 Å². The van der Waals surface area contributed by atoms with E-state index in [0.717, 1.165) is 21.6 Å². The fourth-order valence-electron chi connectivity index (χ4n) is 4.32. The van der Waals surface area contributed by atoms with Gasteiger partial charge >= 0.3 is 0 Å². The minimum absolute atomic E-state index is 0.0889. The van der Waals surface area contributed by atoms with Crippen molar-refractivity contribution in [2.24, 2.45) is 5.92 Å². The number of hydrogen-bond acceptors (Lipinski definition) is 6. The topological polar surface area (TPSA) is 112 Å². The third-order valence-electron chi connectivity index (χ3n) is 5.95. The first-order valence-corrected chi connectivity index (χ1v) is 12.7. The van der Waals surface area contributed by atoms with Gasteiger partial charge in [-0.2, -0.15) is 5.10 Å². The summed E-state index contributed by atoms with van der Waals surface area (Å²) >= 11 is 1.59. The number of carbonyl (C=O) groups is 1. The van der Waals surface area contributed by atoms with Gasteiger partial charge in [-0.1, -0.05) is 19.9 Å². The van der Waals surface area contributed by atoms with E-state index < -0.39 is 5.82 Å². The summed E-state index contributed by atoms with van der Waals surface area (Å²) in [5.74, 6) is 0.213. The van der Waals surface area contributed by atoms with E-state index in [1.54, 1.807) is 36.0 Å². The molecule has 3 N–H and O–H groups in total. The fourth-order valence-corrected chi connectivity index (χ4v) is 5.04. The van der Waals surface area contributed by atoms with Gasteiger partial charge in [0.25, 0.3) is 0 Å². The van der Waals surface area contributed by atoms with Crippen LogP contribution in [0.2, 0.25) is 0 Å². The van der Waals surface area contributed by atoms with Crippen LogP contribution in [0, 0.1) is 11.7 Å². The van der Waals surface area contributed by atoms with Gasteiger partial charge in [-0.25, -0.2) is 9.37 Å². The number of carbonyl (C=O) groups excluding carboxylic acids is 1.